The third-order valence-electron chi connectivity index (χ3n) is 5.19. The number of anilines is 1. The van der Waals surface area contributed by atoms with Gasteiger partial charge in [0.05, 0.1) is 5.69 Å². The van der Waals surface area contributed by atoms with Crippen molar-refractivity contribution in [3.63, 3.8) is 0 Å². The Morgan fingerprint density at radius 2 is 1.86 bits per heavy atom. The van der Waals surface area contributed by atoms with E-state index in [9.17, 15) is 4.79 Å². The van der Waals surface area contributed by atoms with Gasteiger partial charge in [-0.2, -0.15) is 0 Å². The van der Waals surface area contributed by atoms with Gasteiger partial charge < -0.3 is 14.6 Å². The molecule has 3 aromatic rings. The summed E-state index contributed by atoms with van der Waals surface area (Å²) >= 11 is 6.28. The number of piperidine rings is 1. The van der Waals surface area contributed by atoms with Gasteiger partial charge in [-0.1, -0.05) is 54.1 Å². The lowest BCUT2D eigenvalue weighted by Crippen LogP contribution is -2.43. The van der Waals surface area contributed by atoms with Crippen LogP contribution < -0.4 is 15.8 Å². The molecule has 5 heteroatoms. The zero-order chi connectivity index (χ0) is 19.3. The zero-order valence-electron chi connectivity index (χ0n) is 15.6. The smallest absolute Gasteiger partial charge is 0.338 e. The lowest BCUT2D eigenvalue weighted by molar-refractivity contribution is 0.437. The summed E-state index contributed by atoms with van der Waals surface area (Å²) in [5.41, 5.74) is 2.23. The number of rotatable bonds is 5. The minimum absolute atomic E-state index is 0.317. The summed E-state index contributed by atoms with van der Waals surface area (Å²) in [5.74, 6) is 0. The van der Waals surface area contributed by atoms with Gasteiger partial charge in [0, 0.05) is 29.1 Å². The van der Waals surface area contributed by atoms with Crippen LogP contribution in [0.4, 0.5) is 5.69 Å². The Kier molecular flexibility index (Phi) is 5.79. The van der Waals surface area contributed by atoms with E-state index in [4.69, 9.17) is 16.0 Å². The van der Waals surface area contributed by atoms with E-state index in [0.29, 0.717) is 18.2 Å². The number of halogens is 1. The number of nitrogens with zero attached hydrogens (tertiary/aromatic N) is 1. The molecule has 0 aliphatic carbocycles. The second-order valence-corrected chi connectivity index (χ2v) is 7.41. The van der Waals surface area contributed by atoms with E-state index in [1.165, 1.54) is 0 Å². The molecule has 0 radical (unpaired) electrons. The first-order valence-electron chi connectivity index (χ1n) is 9.64. The topological polar surface area (TPSA) is 45.5 Å². The maximum atomic E-state index is 12.2. The average molecular weight is 395 g/mol. The lowest BCUT2D eigenvalue weighted by Gasteiger charge is -2.36. The fourth-order valence-electron chi connectivity index (χ4n) is 3.80. The van der Waals surface area contributed by atoms with Gasteiger partial charge in [-0.3, -0.25) is 0 Å². The third kappa shape index (κ3) is 4.13. The van der Waals surface area contributed by atoms with Gasteiger partial charge in [0.15, 0.2) is 0 Å². The first-order chi connectivity index (χ1) is 13.7. The number of hydrogen-bond donors (Lipinski definition) is 1. The molecule has 4 rings (SSSR count). The SMILES string of the molecule is O=c1cc(N(C/C=C/c2ccccc2Cl)C2CCNCC2)c2ccccc2o1. The van der Waals surface area contributed by atoms with Crippen LogP contribution in [0, 0.1) is 0 Å². The molecule has 2 heterocycles. The summed E-state index contributed by atoms with van der Waals surface area (Å²) in [5, 5.41) is 5.12. The van der Waals surface area contributed by atoms with Crippen molar-refractivity contribution in [2.75, 3.05) is 24.5 Å². The molecule has 0 atom stereocenters. The minimum Gasteiger partial charge on any atom is -0.423 e. The van der Waals surface area contributed by atoms with Crippen LogP contribution in [0.1, 0.15) is 18.4 Å². The fourth-order valence-corrected chi connectivity index (χ4v) is 4.00. The van der Waals surface area contributed by atoms with E-state index < -0.39 is 0 Å². The molecule has 1 aromatic heterocycles. The Hall–Kier alpha value is -2.56. The first kappa shape index (κ1) is 18.8. The van der Waals surface area contributed by atoms with Crippen molar-refractivity contribution >= 4 is 34.3 Å². The summed E-state index contributed by atoms with van der Waals surface area (Å²) < 4.78 is 5.40. The average Bonchev–Trinajstić information content (AvgIpc) is 2.72. The Balaban J connectivity index is 1.70. The van der Waals surface area contributed by atoms with Crippen LogP contribution in [0.2, 0.25) is 5.02 Å². The molecular weight excluding hydrogens is 372 g/mol. The third-order valence-corrected chi connectivity index (χ3v) is 5.54. The molecule has 0 saturated carbocycles. The summed E-state index contributed by atoms with van der Waals surface area (Å²) in [6.07, 6.45) is 6.24. The minimum atomic E-state index is -0.317. The van der Waals surface area contributed by atoms with E-state index in [0.717, 1.165) is 47.6 Å². The molecule has 0 amide bonds. The predicted molar refractivity (Wildman–Crippen MR) is 116 cm³/mol. The zero-order valence-corrected chi connectivity index (χ0v) is 16.4. The molecule has 28 heavy (non-hydrogen) atoms. The molecule has 0 unspecified atom stereocenters. The second kappa shape index (κ2) is 8.63. The van der Waals surface area contributed by atoms with E-state index in [2.05, 4.69) is 16.3 Å². The highest BCUT2D eigenvalue weighted by Crippen LogP contribution is 2.29. The molecule has 1 aliphatic heterocycles. The van der Waals surface area contributed by atoms with Gasteiger partial charge in [-0.25, -0.2) is 4.79 Å². The second-order valence-electron chi connectivity index (χ2n) is 7.00. The standard InChI is InChI=1S/C23H23ClN2O2/c24-20-9-3-1-6-17(20)7-5-15-26(18-11-13-25-14-12-18)21-16-23(27)28-22-10-4-2-8-19(21)22/h1-10,16,18,25H,11-15H2/b7-5+. The molecule has 0 bridgehead atoms. The van der Waals surface area contributed by atoms with Crippen LogP contribution in [-0.2, 0) is 0 Å². The van der Waals surface area contributed by atoms with Crippen LogP contribution in [0.25, 0.3) is 17.0 Å². The summed E-state index contributed by atoms with van der Waals surface area (Å²) in [6, 6.07) is 17.5. The summed E-state index contributed by atoms with van der Waals surface area (Å²) in [6.45, 7) is 2.66. The van der Waals surface area contributed by atoms with Crippen molar-refractivity contribution in [3.8, 4) is 0 Å². The number of para-hydroxylation sites is 1. The van der Waals surface area contributed by atoms with Gasteiger partial charge in [-0.15, -0.1) is 0 Å². The van der Waals surface area contributed by atoms with Crippen molar-refractivity contribution in [1.29, 1.82) is 0 Å². The molecule has 0 spiro atoms. The molecule has 1 aliphatic rings. The van der Waals surface area contributed by atoms with Crippen LogP contribution in [0.3, 0.4) is 0 Å². The van der Waals surface area contributed by atoms with Crippen molar-refractivity contribution in [2.45, 2.75) is 18.9 Å². The summed E-state index contributed by atoms with van der Waals surface area (Å²) in [7, 11) is 0. The van der Waals surface area contributed by atoms with Crippen molar-refractivity contribution < 1.29 is 4.42 Å². The quantitative estimate of drug-likeness (QED) is 0.636. The molecular formula is C23H23ClN2O2. The monoisotopic (exact) mass is 394 g/mol. The maximum absolute atomic E-state index is 12.2. The molecule has 4 nitrogen and oxygen atoms in total. The van der Waals surface area contributed by atoms with E-state index >= 15 is 0 Å². The normalized spacial score (nSPS) is 15.3. The van der Waals surface area contributed by atoms with Crippen LogP contribution in [0.15, 0.2) is 69.9 Å². The van der Waals surface area contributed by atoms with Gasteiger partial charge in [0.1, 0.15) is 5.58 Å². The van der Waals surface area contributed by atoms with Crippen molar-refractivity contribution in [2.24, 2.45) is 0 Å². The van der Waals surface area contributed by atoms with E-state index in [-0.39, 0.29) is 5.63 Å². The predicted octanol–water partition coefficient (Wildman–Crippen LogP) is 4.72. The maximum Gasteiger partial charge on any atom is 0.338 e. The molecule has 1 saturated heterocycles. The van der Waals surface area contributed by atoms with Crippen molar-refractivity contribution in [1.82, 2.24) is 5.32 Å². The van der Waals surface area contributed by atoms with Crippen LogP contribution in [-0.4, -0.2) is 25.7 Å². The van der Waals surface area contributed by atoms with Gasteiger partial charge in [0.2, 0.25) is 0 Å². The van der Waals surface area contributed by atoms with Gasteiger partial charge >= 0.3 is 5.63 Å². The number of nitrogens with one attached hydrogen (secondary N) is 1. The number of benzene rings is 2. The largest absolute Gasteiger partial charge is 0.423 e. The number of hydrogen-bond acceptors (Lipinski definition) is 4. The Morgan fingerprint density at radius 1 is 1.11 bits per heavy atom. The van der Waals surface area contributed by atoms with Crippen LogP contribution in [0.5, 0.6) is 0 Å². The van der Waals surface area contributed by atoms with Crippen molar-refractivity contribution in [3.05, 3.63) is 81.7 Å². The Labute approximate surface area is 169 Å². The van der Waals surface area contributed by atoms with E-state index in [1.807, 2.05) is 54.6 Å². The van der Waals surface area contributed by atoms with Gasteiger partial charge in [-0.05, 0) is 49.7 Å². The highest BCUT2D eigenvalue weighted by molar-refractivity contribution is 6.32. The molecule has 1 fully saturated rings. The van der Waals surface area contributed by atoms with E-state index in [1.54, 1.807) is 6.07 Å². The molecule has 144 valence electrons. The Morgan fingerprint density at radius 3 is 2.68 bits per heavy atom. The highest BCUT2D eigenvalue weighted by Gasteiger charge is 2.23. The lowest BCUT2D eigenvalue weighted by atomic mass is 10.0. The first-order valence-corrected chi connectivity index (χ1v) is 10.0. The summed E-state index contributed by atoms with van der Waals surface area (Å²) in [4.78, 5) is 14.5. The fraction of sp³-hybridized carbons (Fsp3) is 0.261. The van der Waals surface area contributed by atoms with Gasteiger partial charge in [0.25, 0.3) is 0 Å². The molecule has 1 N–H and O–H groups in total. The number of fused-ring (bicyclic) bond motifs is 1. The highest BCUT2D eigenvalue weighted by atomic mass is 35.5. The Bertz CT molecular complexity index is 1040. The van der Waals surface area contributed by atoms with Crippen LogP contribution >= 0.6 is 11.6 Å². The molecule has 2 aromatic carbocycles.